The SMILES string of the molecule is CCCCCCCCCCCCC(C)(c1ccc(OC(=O)c2ccc(C(=O)O)c(C(=O)O)c2)cc1)c1ccc(OC(=O)c2ccc(C(=O)O)c(C(=O)O)c2)cc1. The van der Waals surface area contributed by atoms with Crippen LogP contribution in [0.1, 0.15) is 158 Å². The molecule has 0 saturated heterocycles. The molecule has 0 atom stereocenters. The molecule has 0 aliphatic carbocycles. The Morgan fingerprint density at radius 1 is 0.464 bits per heavy atom. The van der Waals surface area contributed by atoms with E-state index < -0.39 is 63.5 Å². The summed E-state index contributed by atoms with van der Waals surface area (Å²) in [4.78, 5) is 71.9. The third kappa shape index (κ3) is 11.1. The van der Waals surface area contributed by atoms with E-state index in [0.29, 0.717) is 0 Å². The molecule has 294 valence electrons. The van der Waals surface area contributed by atoms with Gasteiger partial charge in [0, 0.05) is 5.41 Å². The highest BCUT2D eigenvalue weighted by molar-refractivity contribution is 6.05. The summed E-state index contributed by atoms with van der Waals surface area (Å²) in [5.41, 5.74) is -0.920. The van der Waals surface area contributed by atoms with Gasteiger partial charge in [-0.05, 0) is 78.2 Å². The summed E-state index contributed by atoms with van der Waals surface area (Å²) in [6, 6.07) is 20.3. The molecule has 12 heteroatoms. The molecule has 4 N–H and O–H groups in total. The van der Waals surface area contributed by atoms with Crippen molar-refractivity contribution in [3.63, 3.8) is 0 Å². The molecule has 56 heavy (non-hydrogen) atoms. The molecule has 4 rings (SSSR count). The van der Waals surface area contributed by atoms with Crippen molar-refractivity contribution in [3.8, 4) is 11.5 Å². The van der Waals surface area contributed by atoms with E-state index in [2.05, 4.69) is 13.8 Å². The van der Waals surface area contributed by atoms with Crippen LogP contribution in [0.25, 0.3) is 0 Å². The first-order valence-electron chi connectivity index (χ1n) is 18.6. The van der Waals surface area contributed by atoms with Crippen molar-refractivity contribution in [2.45, 2.75) is 89.9 Å². The second-order valence-electron chi connectivity index (χ2n) is 13.8. The molecule has 0 fully saturated rings. The molecule has 12 nitrogen and oxygen atoms in total. The molecule has 0 aromatic heterocycles. The van der Waals surface area contributed by atoms with E-state index in [4.69, 9.17) is 9.47 Å². The lowest BCUT2D eigenvalue weighted by Gasteiger charge is -2.31. The van der Waals surface area contributed by atoms with Crippen molar-refractivity contribution in [2.24, 2.45) is 0 Å². The molecule has 0 bridgehead atoms. The van der Waals surface area contributed by atoms with Crippen molar-refractivity contribution in [3.05, 3.63) is 129 Å². The zero-order valence-electron chi connectivity index (χ0n) is 31.4. The molecule has 4 aromatic carbocycles. The zero-order valence-corrected chi connectivity index (χ0v) is 31.4. The van der Waals surface area contributed by atoms with Gasteiger partial charge in [-0.2, -0.15) is 0 Å². The molecule has 0 amide bonds. The summed E-state index contributed by atoms with van der Waals surface area (Å²) in [5.74, 6) is -7.16. The minimum absolute atomic E-state index is 0.123. The standard InChI is InChI=1S/C44H46O12/c1-3-4-5-6-7-8-9-10-11-12-25-44(2,30-15-19-32(20-16-30)55-42(53)28-13-23-34(38(45)46)36(26-28)40(49)50)31-17-21-33(22-18-31)56-43(54)29-14-24-35(39(47)48)37(27-29)41(51)52/h13-24,26-27H,3-12,25H2,1-2H3,(H,45,46)(H,47,48)(H,49,50)(H,51,52). The predicted octanol–water partition coefficient (Wildman–Crippen LogP) is 9.53. The number of carbonyl (C=O) groups excluding carboxylic acids is 2. The number of hydrogen-bond donors (Lipinski definition) is 4. The second-order valence-corrected chi connectivity index (χ2v) is 13.8. The van der Waals surface area contributed by atoms with Crippen LogP contribution in [0, 0.1) is 0 Å². The normalized spacial score (nSPS) is 11.1. The van der Waals surface area contributed by atoms with E-state index in [9.17, 15) is 49.2 Å². The van der Waals surface area contributed by atoms with Crippen LogP contribution in [0.5, 0.6) is 11.5 Å². The maximum atomic E-state index is 12.9. The van der Waals surface area contributed by atoms with Crippen LogP contribution in [0.2, 0.25) is 0 Å². The van der Waals surface area contributed by atoms with Crippen LogP contribution in [0.3, 0.4) is 0 Å². The fourth-order valence-corrected chi connectivity index (χ4v) is 6.60. The first kappa shape index (κ1) is 42.4. The van der Waals surface area contributed by atoms with Gasteiger partial charge in [0.2, 0.25) is 0 Å². The summed E-state index contributed by atoms with van der Waals surface area (Å²) in [6.07, 6.45) is 12.5. The molecule has 0 aliphatic rings. The molecule has 0 heterocycles. The van der Waals surface area contributed by atoms with Crippen LogP contribution in [-0.2, 0) is 5.41 Å². The number of esters is 2. The number of ether oxygens (including phenoxy) is 2. The van der Waals surface area contributed by atoms with Gasteiger partial charge in [-0.15, -0.1) is 0 Å². The first-order valence-corrected chi connectivity index (χ1v) is 18.6. The Balaban J connectivity index is 1.51. The fraction of sp³-hybridized carbons (Fsp3) is 0.318. The van der Waals surface area contributed by atoms with Gasteiger partial charge in [-0.3, -0.25) is 0 Å². The number of benzene rings is 4. The predicted molar refractivity (Wildman–Crippen MR) is 206 cm³/mol. The number of carboxylic acids is 4. The highest BCUT2D eigenvalue weighted by atomic mass is 16.5. The van der Waals surface area contributed by atoms with Gasteiger partial charge in [-0.1, -0.05) is 102 Å². The smallest absolute Gasteiger partial charge is 0.343 e. The molecule has 0 spiro atoms. The maximum Gasteiger partial charge on any atom is 0.343 e. The van der Waals surface area contributed by atoms with Crippen molar-refractivity contribution in [1.29, 1.82) is 0 Å². The molecule has 0 saturated carbocycles. The highest BCUT2D eigenvalue weighted by Gasteiger charge is 2.29. The number of carbonyl (C=O) groups is 6. The quantitative estimate of drug-likeness (QED) is 0.0356. The second kappa shape index (κ2) is 19.9. The van der Waals surface area contributed by atoms with E-state index in [1.807, 2.05) is 24.3 Å². The molecule has 0 unspecified atom stereocenters. The fourth-order valence-electron chi connectivity index (χ4n) is 6.60. The van der Waals surface area contributed by atoms with Crippen LogP contribution < -0.4 is 9.47 Å². The average molecular weight is 767 g/mol. The van der Waals surface area contributed by atoms with E-state index in [1.54, 1.807) is 24.3 Å². The Hall–Kier alpha value is -6.30. The number of rotatable bonds is 21. The Morgan fingerprint density at radius 2 is 0.804 bits per heavy atom. The van der Waals surface area contributed by atoms with E-state index >= 15 is 0 Å². The van der Waals surface area contributed by atoms with Gasteiger partial charge in [0.1, 0.15) is 11.5 Å². The molecule has 4 aromatic rings. The van der Waals surface area contributed by atoms with Crippen LogP contribution in [-0.4, -0.2) is 56.2 Å². The van der Waals surface area contributed by atoms with E-state index in [1.165, 1.54) is 57.1 Å². The Labute approximate surface area is 324 Å². The molecular formula is C44H46O12. The van der Waals surface area contributed by atoms with Crippen molar-refractivity contribution in [1.82, 2.24) is 0 Å². The van der Waals surface area contributed by atoms with Crippen LogP contribution in [0.15, 0.2) is 84.9 Å². The van der Waals surface area contributed by atoms with Crippen LogP contribution in [0.4, 0.5) is 0 Å². The minimum Gasteiger partial charge on any atom is -0.478 e. The number of aromatic carboxylic acids is 4. The zero-order chi connectivity index (χ0) is 40.8. The number of hydrogen-bond acceptors (Lipinski definition) is 8. The summed E-state index contributed by atoms with van der Waals surface area (Å²) in [7, 11) is 0. The van der Waals surface area contributed by atoms with Crippen molar-refractivity contribution in [2.75, 3.05) is 0 Å². The summed E-state index contributed by atoms with van der Waals surface area (Å²) < 4.78 is 11.0. The summed E-state index contributed by atoms with van der Waals surface area (Å²) in [5, 5.41) is 37.5. The van der Waals surface area contributed by atoms with E-state index in [-0.39, 0.29) is 22.6 Å². The third-order valence-corrected chi connectivity index (χ3v) is 9.87. The lowest BCUT2D eigenvalue weighted by Crippen LogP contribution is -2.24. The maximum absolute atomic E-state index is 12.9. The first-order chi connectivity index (χ1) is 26.7. The van der Waals surface area contributed by atoms with Gasteiger partial charge >= 0.3 is 35.8 Å². The Bertz CT molecular complexity index is 1910. The molecular weight excluding hydrogens is 720 g/mol. The highest BCUT2D eigenvalue weighted by Crippen LogP contribution is 2.39. The summed E-state index contributed by atoms with van der Waals surface area (Å²) in [6.45, 7) is 4.30. The van der Waals surface area contributed by atoms with Gasteiger partial charge < -0.3 is 29.9 Å². The number of carboxylic acid groups (broad SMARTS) is 4. The van der Waals surface area contributed by atoms with Gasteiger partial charge in [0.05, 0.1) is 33.4 Å². The number of unbranched alkanes of at least 4 members (excludes halogenated alkanes) is 9. The Morgan fingerprint density at radius 3 is 1.14 bits per heavy atom. The third-order valence-electron chi connectivity index (χ3n) is 9.87. The van der Waals surface area contributed by atoms with Crippen molar-refractivity contribution >= 4 is 35.8 Å². The van der Waals surface area contributed by atoms with E-state index in [0.717, 1.165) is 61.1 Å². The lowest BCUT2D eigenvalue weighted by atomic mass is 9.72. The van der Waals surface area contributed by atoms with Crippen LogP contribution >= 0.6 is 0 Å². The largest absolute Gasteiger partial charge is 0.478 e. The monoisotopic (exact) mass is 766 g/mol. The van der Waals surface area contributed by atoms with Gasteiger partial charge in [0.25, 0.3) is 0 Å². The lowest BCUT2D eigenvalue weighted by molar-refractivity contribution is 0.0650. The van der Waals surface area contributed by atoms with Crippen molar-refractivity contribution < 1.29 is 58.7 Å². The van der Waals surface area contributed by atoms with Gasteiger partial charge in [-0.25, -0.2) is 28.8 Å². The molecule has 0 radical (unpaired) electrons. The average Bonchev–Trinajstić information content (AvgIpc) is 3.18. The Kier molecular flexibility index (Phi) is 15.0. The molecule has 0 aliphatic heterocycles. The topological polar surface area (TPSA) is 202 Å². The minimum atomic E-state index is -1.49. The van der Waals surface area contributed by atoms with Gasteiger partial charge in [0.15, 0.2) is 0 Å². The summed E-state index contributed by atoms with van der Waals surface area (Å²) >= 11 is 0.